The molecule has 148 valence electrons. The zero-order chi connectivity index (χ0) is 19.9. The highest BCUT2D eigenvalue weighted by Gasteiger charge is 2.48. The van der Waals surface area contributed by atoms with Gasteiger partial charge in [-0.25, -0.2) is 4.79 Å². The summed E-state index contributed by atoms with van der Waals surface area (Å²) in [5.41, 5.74) is 3.57. The van der Waals surface area contributed by atoms with Gasteiger partial charge in [0.2, 0.25) is 0 Å². The molecule has 27 heavy (non-hydrogen) atoms. The normalized spacial score (nSPS) is 20.7. The quantitative estimate of drug-likeness (QED) is 0.463. The average Bonchev–Trinajstić information content (AvgIpc) is 2.65. The Labute approximate surface area is 154 Å². The summed E-state index contributed by atoms with van der Waals surface area (Å²) < 4.78 is 43.5. The maximum absolute atomic E-state index is 12.9. The second-order valence-electron chi connectivity index (χ2n) is 6.04. The predicted molar refractivity (Wildman–Crippen MR) is 89.9 cm³/mol. The van der Waals surface area contributed by atoms with Gasteiger partial charge < -0.3 is 9.64 Å². The summed E-state index contributed by atoms with van der Waals surface area (Å²) in [6.07, 6.45) is -2.19. The molecule has 0 spiro atoms. The lowest BCUT2D eigenvalue weighted by atomic mass is 9.98. The largest absolute Gasteiger partial charge is 0.471 e. The topological polar surface area (TPSA) is 67.9 Å². The first-order chi connectivity index (χ1) is 12.8. The first kappa shape index (κ1) is 20.9. The molecule has 1 amide bonds. The summed E-state index contributed by atoms with van der Waals surface area (Å²) in [5, 5.41) is 0. The lowest BCUT2D eigenvalue weighted by molar-refractivity contribution is -0.192. The summed E-state index contributed by atoms with van der Waals surface area (Å²) in [6.45, 7) is 1.50. The maximum Gasteiger partial charge on any atom is 0.471 e. The Balaban J connectivity index is 1.99. The maximum atomic E-state index is 12.9. The minimum absolute atomic E-state index is 0.0323. The first-order valence-corrected chi connectivity index (χ1v) is 8.43. The molecule has 2 atom stereocenters. The van der Waals surface area contributed by atoms with Crippen molar-refractivity contribution in [2.75, 3.05) is 6.54 Å². The highest BCUT2D eigenvalue weighted by Crippen LogP contribution is 2.26. The Morgan fingerprint density at radius 2 is 1.96 bits per heavy atom. The van der Waals surface area contributed by atoms with Gasteiger partial charge in [0.15, 0.2) is 0 Å². The fraction of sp³-hybridized carbons (Fsp3) is 0.444. The Morgan fingerprint density at radius 1 is 1.26 bits per heavy atom. The Kier molecular flexibility index (Phi) is 7.37. The number of esters is 1. The number of hydrogen-bond donors (Lipinski definition) is 1. The van der Waals surface area contributed by atoms with E-state index in [2.05, 4.69) is 5.48 Å². The van der Waals surface area contributed by atoms with Gasteiger partial charge in [-0.2, -0.15) is 18.7 Å². The molecule has 0 aliphatic carbocycles. The Bertz CT molecular complexity index is 664. The van der Waals surface area contributed by atoms with E-state index in [-0.39, 0.29) is 19.6 Å². The van der Waals surface area contributed by atoms with Crippen molar-refractivity contribution in [2.24, 2.45) is 0 Å². The zero-order valence-electron chi connectivity index (χ0n) is 14.7. The lowest BCUT2D eigenvalue weighted by Gasteiger charge is -2.38. The number of halogens is 3. The van der Waals surface area contributed by atoms with Gasteiger partial charge >= 0.3 is 18.1 Å². The van der Waals surface area contributed by atoms with E-state index in [0.717, 1.165) is 11.8 Å². The molecule has 1 N–H and O–H groups in total. The third-order valence-corrected chi connectivity index (χ3v) is 4.01. The molecule has 1 heterocycles. The van der Waals surface area contributed by atoms with E-state index < -0.39 is 30.1 Å². The highest BCUT2D eigenvalue weighted by atomic mass is 19.4. The van der Waals surface area contributed by atoms with E-state index in [1.54, 1.807) is 6.92 Å². The summed E-state index contributed by atoms with van der Waals surface area (Å²) >= 11 is 0. The number of nitrogens with zero attached hydrogens (tertiary/aromatic N) is 1. The summed E-state index contributed by atoms with van der Waals surface area (Å²) in [4.78, 5) is 29.6. The monoisotopic (exact) mass is 386 g/mol. The highest BCUT2D eigenvalue weighted by molar-refractivity contribution is 5.88. The number of hydrogen-bond acceptors (Lipinski definition) is 5. The molecular weight excluding hydrogens is 365 g/mol. The van der Waals surface area contributed by atoms with Crippen LogP contribution < -0.4 is 5.48 Å². The first-order valence-electron chi connectivity index (χ1n) is 8.43. The molecule has 0 radical (unpaired) electrons. The van der Waals surface area contributed by atoms with Crippen LogP contribution in [0.5, 0.6) is 0 Å². The van der Waals surface area contributed by atoms with E-state index in [1.807, 2.05) is 30.3 Å². The third kappa shape index (κ3) is 6.07. The molecule has 2 rings (SSSR count). The van der Waals surface area contributed by atoms with E-state index in [1.165, 1.54) is 6.08 Å². The molecule has 1 aromatic carbocycles. The van der Waals surface area contributed by atoms with Crippen LogP contribution in [0.15, 0.2) is 42.7 Å². The Hall–Kier alpha value is -2.39. The van der Waals surface area contributed by atoms with Crippen LogP contribution in [-0.4, -0.2) is 41.6 Å². The number of nitrogens with one attached hydrogen (secondary N) is 1. The predicted octanol–water partition coefficient (Wildman–Crippen LogP) is 2.71. The van der Waals surface area contributed by atoms with Gasteiger partial charge in [-0.3, -0.25) is 9.63 Å². The molecule has 2 unspecified atom stereocenters. The molecule has 1 aliphatic heterocycles. The second-order valence-corrected chi connectivity index (χ2v) is 6.04. The van der Waals surface area contributed by atoms with Gasteiger partial charge in [0, 0.05) is 12.6 Å². The number of allylic oxidation sites excluding steroid dienone is 1. The number of alkyl halides is 3. The van der Waals surface area contributed by atoms with Gasteiger partial charge in [0.25, 0.3) is 0 Å². The molecule has 1 fully saturated rings. The van der Waals surface area contributed by atoms with Crippen LogP contribution in [0.2, 0.25) is 0 Å². The van der Waals surface area contributed by atoms with Crippen molar-refractivity contribution in [1.82, 2.24) is 10.4 Å². The summed E-state index contributed by atoms with van der Waals surface area (Å²) in [5.74, 6) is -2.96. The summed E-state index contributed by atoms with van der Waals surface area (Å²) in [7, 11) is 0. The number of likely N-dealkylation sites (tertiary alicyclic amines) is 1. The third-order valence-electron chi connectivity index (χ3n) is 4.01. The standard InChI is InChI=1S/C18H21F3N2O4/c1-2-10-26-16(24)15-9-8-14(11-23(15)17(25)18(19,20)21)22-27-12-13-6-4-3-5-7-13/h2-7,10,14-15,22H,8-9,11-12H2,1H3. The summed E-state index contributed by atoms with van der Waals surface area (Å²) in [6, 6.07) is 7.39. The minimum atomic E-state index is -5.08. The number of benzene rings is 1. The lowest BCUT2D eigenvalue weighted by Crippen LogP contribution is -2.58. The Morgan fingerprint density at radius 3 is 2.59 bits per heavy atom. The van der Waals surface area contributed by atoms with Crippen molar-refractivity contribution < 1.29 is 32.3 Å². The van der Waals surface area contributed by atoms with E-state index >= 15 is 0 Å². The molecule has 6 nitrogen and oxygen atoms in total. The molecule has 1 aromatic rings. The van der Waals surface area contributed by atoms with Crippen molar-refractivity contribution in [3.05, 3.63) is 48.2 Å². The number of carbonyl (C=O) groups excluding carboxylic acids is 2. The van der Waals surface area contributed by atoms with Gasteiger partial charge in [0.05, 0.1) is 12.9 Å². The van der Waals surface area contributed by atoms with Gasteiger partial charge in [-0.1, -0.05) is 36.4 Å². The number of ether oxygens (including phenoxy) is 1. The average molecular weight is 386 g/mol. The number of hydroxylamine groups is 1. The van der Waals surface area contributed by atoms with Gasteiger partial charge in [0.1, 0.15) is 6.04 Å². The second kappa shape index (κ2) is 9.52. The molecule has 0 aromatic heterocycles. The molecule has 1 saturated heterocycles. The molecular formula is C18H21F3N2O4. The van der Waals surface area contributed by atoms with Crippen molar-refractivity contribution in [2.45, 2.75) is 44.6 Å². The number of rotatable bonds is 6. The van der Waals surface area contributed by atoms with Crippen molar-refractivity contribution >= 4 is 11.9 Å². The molecule has 0 saturated carbocycles. The van der Waals surface area contributed by atoms with Crippen LogP contribution in [0.4, 0.5) is 13.2 Å². The fourth-order valence-electron chi connectivity index (χ4n) is 2.73. The smallest absolute Gasteiger partial charge is 0.433 e. The van der Waals surface area contributed by atoms with Gasteiger partial charge in [-0.15, -0.1) is 0 Å². The van der Waals surface area contributed by atoms with E-state index in [0.29, 0.717) is 11.3 Å². The fourth-order valence-corrected chi connectivity index (χ4v) is 2.73. The molecule has 0 bridgehead atoms. The van der Waals surface area contributed by atoms with Crippen LogP contribution in [0, 0.1) is 0 Å². The minimum Gasteiger partial charge on any atom is -0.433 e. The molecule has 9 heteroatoms. The van der Waals surface area contributed by atoms with Crippen LogP contribution in [-0.2, 0) is 25.8 Å². The van der Waals surface area contributed by atoms with E-state index in [9.17, 15) is 22.8 Å². The van der Waals surface area contributed by atoms with Crippen molar-refractivity contribution in [3.63, 3.8) is 0 Å². The number of amides is 1. The van der Waals surface area contributed by atoms with Crippen LogP contribution in [0.1, 0.15) is 25.3 Å². The van der Waals surface area contributed by atoms with E-state index in [4.69, 9.17) is 9.57 Å². The van der Waals surface area contributed by atoms with Crippen LogP contribution in [0.3, 0.4) is 0 Å². The number of carbonyl (C=O) groups is 2. The molecule has 1 aliphatic rings. The SMILES string of the molecule is CC=COC(=O)C1CCC(NOCc2ccccc2)CN1C(=O)C(F)(F)F. The van der Waals surface area contributed by atoms with Crippen LogP contribution in [0.25, 0.3) is 0 Å². The zero-order valence-corrected chi connectivity index (χ0v) is 14.7. The van der Waals surface area contributed by atoms with Crippen LogP contribution >= 0.6 is 0 Å². The van der Waals surface area contributed by atoms with Crippen molar-refractivity contribution in [1.29, 1.82) is 0 Å². The number of piperidine rings is 1. The van der Waals surface area contributed by atoms with Gasteiger partial charge in [-0.05, 0) is 25.3 Å². The van der Waals surface area contributed by atoms with Crippen molar-refractivity contribution in [3.8, 4) is 0 Å².